The zero-order valence-electron chi connectivity index (χ0n) is 14.2. The number of hydrogen-bond donors (Lipinski definition) is 1. The average molecular weight is 342 g/mol. The van der Waals surface area contributed by atoms with Gasteiger partial charge in [-0.05, 0) is 48.9 Å². The summed E-state index contributed by atoms with van der Waals surface area (Å²) in [4.78, 5) is 14.4. The van der Waals surface area contributed by atoms with Crippen LogP contribution in [0.3, 0.4) is 0 Å². The third kappa shape index (κ3) is 3.21. The van der Waals surface area contributed by atoms with Gasteiger partial charge in [0, 0.05) is 32.0 Å². The minimum Gasteiger partial charge on any atom is -0.461 e. The highest BCUT2D eigenvalue weighted by Gasteiger charge is 2.42. The molecule has 1 aliphatic carbocycles. The van der Waals surface area contributed by atoms with E-state index in [0.717, 1.165) is 25.9 Å². The van der Waals surface area contributed by atoms with Crippen LogP contribution in [0.2, 0.25) is 0 Å². The summed E-state index contributed by atoms with van der Waals surface area (Å²) in [6, 6.07) is 10.4. The molecule has 1 aromatic carbocycles. The van der Waals surface area contributed by atoms with Crippen molar-refractivity contribution >= 4 is 5.91 Å². The van der Waals surface area contributed by atoms with Gasteiger partial charge in [-0.3, -0.25) is 4.79 Å². The van der Waals surface area contributed by atoms with E-state index in [1.165, 1.54) is 6.07 Å². The number of carbonyl (C=O) groups is 1. The summed E-state index contributed by atoms with van der Waals surface area (Å²) in [7, 11) is 0. The highest BCUT2D eigenvalue weighted by Crippen LogP contribution is 2.37. The predicted molar refractivity (Wildman–Crippen MR) is 93.2 cm³/mol. The first-order chi connectivity index (χ1) is 12.1. The zero-order valence-corrected chi connectivity index (χ0v) is 14.2. The molecule has 0 radical (unpaired) electrons. The van der Waals surface area contributed by atoms with Crippen molar-refractivity contribution in [3.8, 4) is 11.3 Å². The van der Waals surface area contributed by atoms with Crippen LogP contribution in [-0.4, -0.2) is 29.9 Å². The molecule has 25 heavy (non-hydrogen) atoms. The Labute approximate surface area is 146 Å². The third-order valence-electron chi connectivity index (χ3n) is 5.65. The fourth-order valence-electron chi connectivity index (χ4n) is 4.22. The van der Waals surface area contributed by atoms with Crippen molar-refractivity contribution in [2.75, 3.05) is 13.1 Å². The Morgan fingerprint density at radius 1 is 1.20 bits per heavy atom. The van der Waals surface area contributed by atoms with E-state index < -0.39 is 0 Å². The van der Waals surface area contributed by atoms with Crippen molar-refractivity contribution < 1.29 is 13.6 Å². The van der Waals surface area contributed by atoms with Crippen molar-refractivity contribution in [3.63, 3.8) is 0 Å². The summed E-state index contributed by atoms with van der Waals surface area (Å²) >= 11 is 0. The van der Waals surface area contributed by atoms with E-state index in [1.54, 1.807) is 24.3 Å². The number of rotatable bonds is 4. The smallest absolute Gasteiger partial charge is 0.223 e. The first-order valence-electron chi connectivity index (χ1n) is 8.99. The predicted octanol–water partition coefficient (Wildman–Crippen LogP) is 3.21. The molecule has 1 amide bonds. The Hall–Kier alpha value is -2.14. The molecule has 2 aromatic rings. The minimum absolute atomic E-state index is 0.158. The van der Waals surface area contributed by atoms with E-state index in [1.807, 2.05) is 11.0 Å². The molecular formula is C20H23FN2O2. The van der Waals surface area contributed by atoms with Crippen molar-refractivity contribution in [2.24, 2.45) is 17.6 Å². The van der Waals surface area contributed by atoms with Crippen LogP contribution in [0.25, 0.3) is 11.3 Å². The van der Waals surface area contributed by atoms with Crippen LogP contribution in [0.1, 0.15) is 25.0 Å². The van der Waals surface area contributed by atoms with Crippen molar-refractivity contribution in [1.82, 2.24) is 4.90 Å². The highest BCUT2D eigenvalue weighted by atomic mass is 19.1. The second kappa shape index (κ2) is 6.64. The molecule has 5 heteroatoms. The molecule has 2 heterocycles. The van der Waals surface area contributed by atoms with Gasteiger partial charge in [0.2, 0.25) is 5.91 Å². The minimum atomic E-state index is -0.306. The molecule has 4 nitrogen and oxygen atoms in total. The normalized spacial score (nSPS) is 25.4. The van der Waals surface area contributed by atoms with Gasteiger partial charge in [0.15, 0.2) is 0 Å². The fourth-order valence-corrected chi connectivity index (χ4v) is 4.22. The van der Waals surface area contributed by atoms with Crippen molar-refractivity contribution in [1.29, 1.82) is 0 Å². The van der Waals surface area contributed by atoms with Crippen molar-refractivity contribution in [3.05, 3.63) is 48.0 Å². The van der Waals surface area contributed by atoms with Gasteiger partial charge in [0.25, 0.3) is 0 Å². The van der Waals surface area contributed by atoms with Crippen LogP contribution in [0.15, 0.2) is 40.8 Å². The quantitative estimate of drug-likeness (QED) is 0.928. The molecule has 2 N–H and O–H groups in total. The van der Waals surface area contributed by atoms with E-state index in [0.29, 0.717) is 41.8 Å². The summed E-state index contributed by atoms with van der Waals surface area (Å²) < 4.78 is 19.5. The lowest BCUT2D eigenvalue weighted by atomic mass is 9.98. The number of likely N-dealkylation sites (tertiary alicyclic amines) is 1. The number of fused-ring (bicyclic) bond motifs is 1. The summed E-state index contributed by atoms with van der Waals surface area (Å²) in [5, 5.41) is 0. The lowest BCUT2D eigenvalue weighted by Gasteiger charge is -2.18. The van der Waals surface area contributed by atoms with E-state index in [4.69, 9.17) is 10.2 Å². The lowest BCUT2D eigenvalue weighted by molar-refractivity contribution is -0.130. The molecule has 3 unspecified atom stereocenters. The number of halogens is 1. The zero-order chi connectivity index (χ0) is 17.4. The SMILES string of the molecule is NC1CCC2CN(C(=O)CCc3ccc(-c4ccccc4F)o3)CC12. The largest absolute Gasteiger partial charge is 0.461 e. The Morgan fingerprint density at radius 2 is 2.04 bits per heavy atom. The summed E-state index contributed by atoms with van der Waals surface area (Å²) in [5.74, 6) is 2.12. The first kappa shape index (κ1) is 16.3. The van der Waals surface area contributed by atoms with Gasteiger partial charge in [-0.25, -0.2) is 4.39 Å². The van der Waals surface area contributed by atoms with Gasteiger partial charge in [-0.1, -0.05) is 12.1 Å². The standard InChI is InChI=1S/C20H23FN2O2/c21-17-4-2-1-3-15(17)19-9-6-14(25-19)7-10-20(24)23-11-13-5-8-18(22)16(13)12-23/h1-4,6,9,13,16,18H,5,7-8,10-12,22H2. The Morgan fingerprint density at radius 3 is 2.84 bits per heavy atom. The summed E-state index contributed by atoms with van der Waals surface area (Å²) in [6.45, 7) is 1.64. The Kier molecular flexibility index (Phi) is 4.34. The summed E-state index contributed by atoms with van der Waals surface area (Å²) in [6.07, 6.45) is 3.17. The Bertz CT molecular complexity index is 773. The van der Waals surface area contributed by atoms with Gasteiger partial charge in [-0.15, -0.1) is 0 Å². The van der Waals surface area contributed by atoms with Crippen LogP contribution in [0.5, 0.6) is 0 Å². The summed E-state index contributed by atoms with van der Waals surface area (Å²) in [5.41, 5.74) is 6.58. The molecule has 2 aliphatic rings. The number of carbonyl (C=O) groups excluding carboxylic acids is 1. The third-order valence-corrected chi connectivity index (χ3v) is 5.65. The van der Waals surface area contributed by atoms with E-state index >= 15 is 0 Å². The monoisotopic (exact) mass is 342 g/mol. The number of benzene rings is 1. The van der Waals surface area contributed by atoms with E-state index in [9.17, 15) is 9.18 Å². The molecule has 0 spiro atoms. The number of aryl methyl sites for hydroxylation is 1. The van der Waals surface area contributed by atoms with E-state index in [-0.39, 0.29) is 17.8 Å². The molecule has 1 saturated carbocycles. The maximum atomic E-state index is 13.8. The van der Waals surface area contributed by atoms with Crippen molar-refractivity contribution in [2.45, 2.75) is 31.7 Å². The number of nitrogens with zero attached hydrogens (tertiary/aromatic N) is 1. The van der Waals surface area contributed by atoms with Gasteiger partial charge in [0.1, 0.15) is 17.3 Å². The maximum absolute atomic E-state index is 13.8. The Balaban J connectivity index is 1.35. The molecule has 1 aliphatic heterocycles. The lowest BCUT2D eigenvalue weighted by Crippen LogP contribution is -2.33. The first-order valence-corrected chi connectivity index (χ1v) is 8.99. The highest BCUT2D eigenvalue weighted by molar-refractivity contribution is 5.76. The second-order valence-corrected chi connectivity index (χ2v) is 7.21. The molecular weight excluding hydrogens is 319 g/mol. The number of amides is 1. The van der Waals surface area contributed by atoms with Gasteiger partial charge >= 0.3 is 0 Å². The molecule has 132 valence electrons. The molecule has 3 atom stereocenters. The molecule has 1 saturated heterocycles. The van der Waals surface area contributed by atoms with Crippen LogP contribution in [0.4, 0.5) is 4.39 Å². The van der Waals surface area contributed by atoms with Gasteiger partial charge in [0.05, 0.1) is 5.56 Å². The van der Waals surface area contributed by atoms with E-state index in [2.05, 4.69) is 0 Å². The topological polar surface area (TPSA) is 59.5 Å². The number of hydrogen-bond acceptors (Lipinski definition) is 3. The fraction of sp³-hybridized carbons (Fsp3) is 0.450. The van der Waals surface area contributed by atoms with Crippen LogP contribution in [0, 0.1) is 17.7 Å². The molecule has 1 aromatic heterocycles. The van der Waals surface area contributed by atoms with Crippen LogP contribution < -0.4 is 5.73 Å². The van der Waals surface area contributed by atoms with Gasteiger partial charge < -0.3 is 15.1 Å². The number of nitrogens with two attached hydrogens (primary N) is 1. The molecule has 4 rings (SSSR count). The van der Waals surface area contributed by atoms with Gasteiger partial charge in [-0.2, -0.15) is 0 Å². The average Bonchev–Trinajstić information content (AvgIpc) is 3.31. The second-order valence-electron chi connectivity index (χ2n) is 7.21. The maximum Gasteiger partial charge on any atom is 0.223 e. The number of furan rings is 1. The molecule has 0 bridgehead atoms. The molecule has 2 fully saturated rings. The van der Waals surface area contributed by atoms with Crippen LogP contribution in [-0.2, 0) is 11.2 Å². The van der Waals surface area contributed by atoms with Crippen LogP contribution >= 0.6 is 0 Å².